The van der Waals surface area contributed by atoms with Crippen molar-refractivity contribution in [3.63, 3.8) is 0 Å². The second-order valence-corrected chi connectivity index (χ2v) is 3.23. The minimum absolute atomic E-state index is 0.522. The fourth-order valence-electron chi connectivity index (χ4n) is 1.26. The average Bonchev–Trinajstić information content (AvgIpc) is 2.32. The van der Waals surface area contributed by atoms with Gasteiger partial charge < -0.3 is 4.74 Å². The molecule has 5 nitrogen and oxygen atoms in total. The van der Waals surface area contributed by atoms with Crippen LogP contribution in [0.3, 0.4) is 0 Å². The van der Waals surface area contributed by atoms with Crippen molar-refractivity contribution in [1.29, 1.82) is 0 Å². The number of hydrogen-bond acceptors (Lipinski definition) is 5. The van der Waals surface area contributed by atoms with Crippen molar-refractivity contribution in [2.45, 2.75) is 13.8 Å². The van der Waals surface area contributed by atoms with Crippen LogP contribution in [-0.4, -0.2) is 27.0 Å². The van der Waals surface area contributed by atoms with Gasteiger partial charge in [0.2, 0.25) is 5.82 Å². The van der Waals surface area contributed by atoms with Gasteiger partial charge in [-0.15, -0.1) is 20.4 Å². The normalized spacial score (nSPS) is 10.1. The first-order valence-electron chi connectivity index (χ1n) is 5.07. The monoisotopic (exact) mass is 216 g/mol. The smallest absolute Gasteiger partial charge is 0.203 e. The lowest BCUT2D eigenvalue weighted by atomic mass is 10.2. The Labute approximate surface area is 93.5 Å². The van der Waals surface area contributed by atoms with E-state index < -0.39 is 0 Å². The lowest BCUT2D eigenvalue weighted by molar-refractivity contribution is 0.340. The Bertz CT molecular complexity index is 452. The zero-order valence-corrected chi connectivity index (χ0v) is 9.21. The summed E-state index contributed by atoms with van der Waals surface area (Å²) in [7, 11) is 0. The fourth-order valence-corrected chi connectivity index (χ4v) is 1.26. The first-order chi connectivity index (χ1) is 7.79. The van der Waals surface area contributed by atoms with Crippen LogP contribution >= 0.6 is 0 Å². The topological polar surface area (TPSA) is 60.8 Å². The summed E-state index contributed by atoms with van der Waals surface area (Å²) < 4.78 is 5.34. The Hall–Kier alpha value is -2.04. The molecule has 1 aromatic heterocycles. The predicted molar refractivity (Wildman–Crippen MR) is 59.0 cm³/mol. The second-order valence-electron chi connectivity index (χ2n) is 3.23. The molecule has 0 atom stereocenters. The highest BCUT2D eigenvalue weighted by Crippen LogP contribution is 2.18. The van der Waals surface area contributed by atoms with E-state index in [2.05, 4.69) is 20.4 Å². The molecule has 0 saturated heterocycles. The van der Waals surface area contributed by atoms with Crippen LogP contribution in [0.1, 0.15) is 12.7 Å². The van der Waals surface area contributed by atoms with E-state index in [1.165, 1.54) is 0 Å². The summed E-state index contributed by atoms with van der Waals surface area (Å²) in [5, 5.41) is 15.6. The van der Waals surface area contributed by atoms with Gasteiger partial charge in [0.15, 0.2) is 5.82 Å². The molecule has 2 aromatic rings. The zero-order valence-electron chi connectivity index (χ0n) is 9.21. The van der Waals surface area contributed by atoms with Gasteiger partial charge in [0.05, 0.1) is 6.61 Å². The Morgan fingerprint density at radius 1 is 1.00 bits per heavy atom. The summed E-state index contributed by atoms with van der Waals surface area (Å²) in [6.07, 6.45) is 0. The van der Waals surface area contributed by atoms with Crippen molar-refractivity contribution in [1.82, 2.24) is 20.4 Å². The summed E-state index contributed by atoms with van der Waals surface area (Å²) in [5.74, 6) is 1.92. The molecule has 5 heteroatoms. The van der Waals surface area contributed by atoms with E-state index in [0.29, 0.717) is 18.3 Å². The lowest BCUT2D eigenvalue weighted by Crippen LogP contribution is -1.98. The highest BCUT2D eigenvalue weighted by atomic mass is 16.5. The summed E-state index contributed by atoms with van der Waals surface area (Å²) in [5.41, 5.74) is 0.878. The molecule has 0 saturated carbocycles. The van der Waals surface area contributed by atoms with Crippen molar-refractivity contribution in [2.75, 3.05) is 6.61 Å². The molecule has 1 aromatic carbocycles. The first-order valence-corrected chi connectivity index (χ1v) is 5.07. The number of ether oxygens (including phenoxy) is 1. The van der Waals surface area contributed by atoms with Crippen LogP contribution in [0, 0.1) is 6.92 Å². The molecule has 1 heterocycles. The third-order valence-electron chi connectivity index (χ3n) is 2.00. The van der Waals surface area contributed by atoms with Crippen LogP contribution < -0.4 is 4.74 Å². The molecule has 0 aliphatic heterocycles. The molecule has 2 rings (SSSR count). The van der Waals surface area contributed by atoms with Gasteiger partial charge in [0.1, 0.15) is 5.75 Å². The third kappa shape index (κ3) is 2.31. The van der Waals surface area contributed by atoms with Crippen LogP contribution in [0.15, 0.2) is 24.3 Å². The molecule has 0 spiro atoms. The summed E-state index contributed by atoms with van der Waals surface area (Å²) >= 11 is 0. The molecule has 0 unspecified atom stereocenters. The van der Waals surface area contributed by atoms with Crippen LogP contribution in [0.4, 0.5) is 0 Å². The van der Waals surface area contributed by atoms with Crippen LogP contribution in [-0.2, 0) is 0 Å². The molecule has 0 amide bonds. The maximum atomic E-state index is 5.34. The quantitative estimate of drug-likeness (QED) is 0.780. The van der Waals surface area contributed by atoms with Gasteiger partial charge in [-0.25, -0.2) is 0 Å². The van der Waals surface area contributed by atoms with E-state index in [0.717, 1.165) is 11.3 Å². The maximum absolute atomic E-state index is 5.34. The molecule has 82 valence electrons. The molecule has 0 aliphatic rings. The third-order valence-corrected chi connectivity index (χ3v) is 2.00. The number of nitrogens with zero attached hydrogens (tertiary/aromatic N) is 4. The van der Waals surface area contributed by atoms with Gasteiger partial charge in [-0.3, -0.25) is 0 Å². The van der Waals surface area contributed by atoms with Crippen LogP contribution in [0.2, 0.25) is 0 Å². The Morgan fingerprint density at radius 3 is 2.19 bits per heavy atom. The molecule has 0 bridgehead atoms. The highest BCUT2D eigenvalue weighted by Gasteiger charge is 2.02. The summed E-state index contributed by atoms with van der Waals surface area (Å²) in [4.78, 5) is 0. The maximum Gasteiger partial charge on any atom is 0.203 e. The first kappa shape index (κ1) is 10.5. The molecule has 0 aliphatic carbocycles. The zero-order chi connectivity index (χ0) is 11.4. The van der Waals surface area contributed by atoms with Crippen LogP contribution in [0.25, 0.3) is 11.4 Å². The van der Waals surface area contributed by atoms with Gasteiger partial charge in [-0.2, -0.15) is 0 Å². The van der Waals surface area contributed by atoms with E-state index >= 15 is 0 Å². The summed E-state index contributed by atoms with van der Waals surface area (Å²) in [6, 6.07) is 7.53. The SMILES string of the molecule is CCOc1ccc(-c2nnc(C)nn2)cc1. The standard InChI is InChI=1S/C11H12N4O/c1-3-16-10-6-4-9(5-7-10)11-14-12-8(2)13-15-11/h4-7H,3H2,1-2H3. The van der Waals surface area contributed by atoms with E-state index in [1.54, 1.807) is 6.92 Å². The Balaban J connectivity index is 2.24. The predicted octanol–water partition coefficient (Wildman–Crippen LogP) is 1.64. The molecule has 0 radical (unpaired) electrons. The number of hydrogen-bond donors (Lipinski definition) is 0. The van der Waals surface area contributed by atoms with E-state index in [1.807, 2.05) is 31.2 Å². The van der Waals surface area contributed by atoms with E-state index in [4.69, 9.17) is 4.74 Å². The number of rotatable bonds is 3. The molecule has 0 fully saturated rings. The average molecular weight is 216 g/mol. The number of benzene rings is 1. The molecular weight excluding hydrogens is 204 g/mol. The molecular formula is C11H12N4O. The highest BCUT2D eigenvalue weighted by molar-refractivity contribution is 5.54. The fraction of sp³-hybridized carbons (Fsp3) is 0.273. The Kier molecular flexibility index (Phi) is 3.05. The van der Waals surface area contributed by atoms with Gasteiger partial charge in [-0.1, -0.05) is 0 Å². The number of aromatic nitrogens is 4. The largest absolute Gasteiger partial charge is 0.494 e. The molecule has 0 N–H and O–H groups in total. The van der Waals surface area contributed by atoms with Crippen LogP contribution in [0.5, 0.6) is 5.75 Å². The molecule has 16 heavy (non-hydrogen) atoms. The van der Waals surface area contributed by atoms with Gasteiger partial charge >= 0.3 is 0 Å². The Morgan fingerprint density at radius 2 is 1.62 bits per heavy atom. The van der Waals surface area contributed by atoms with E-state index in [9.17, 15) is 0 Å². The van der Waals surface area contributed by atoms with Crippen molar-refractivity contribution in [3.8, 4) is 17.1 Å². The van der Waals surface area contributed by atoms with Gasteiger partial charge in [0, 0.05) is 5.56 Å². The van der Waals surface area contributed by atoms with E-state index in [-0.39, 0.29) is 0 Å². The van der Waals surface area contributed by atoms with Crippen molar-refractivity contribution < 1.29 is 4.74 Å². The minimum Gasteiger partial charge on any atom is -0.494 e. The van der Waals surface area contributed by atoms with Crippen molar-refractivity contribution >= 4 is 0 Å². The van der Waals surface area contributed by atoms with Gasteiger partial charge in [0.25, 0.3) is 0 Å². The van der Waals surface area contributed by atoms with Gasteiger partial charge in [-0.05, 0) is 38.1 Å². The minimum atomic E-state index is 0.522. The lowest BCUT2D eigenvalue weighted by Gasteiger charge is -2.03. The van der Waals surface area contributed by atoms with Crippen molar-refractivity contribution in [3.05, 3.63) is 30.1 Å². The van der Waals surface area contributed by atoms with Crippen molar-refractivity contribution in [2.24, 2.45) is 0 Å². The second kappa shape index (κ2) is 4.65. The summed E-state index contributed by atoms with van der Waals surface area (Å²) in [6.45, 7) is 4.36. The number of aryl methyl sites for hydroxylation is 1.